The fourth-order valence-electron chi connectivity index (χ4n) is 5.02. The molecule has 42 heavy (non-hydrogen) atoms. The van der Waals surface area contributed by atoms with E-state index in [4.69, 9.17) is 16.6 Å². The maximum Gasteiger partial charge on any atom is 0.252 e. The second-order valence-electron chi connectivity index (χ2n) is 10.3. The Kier molecular flexibility index (Phi) is 7.44. The zero-order valence-electron chi connectivity index (χ0n) is 22.8. The molecule has 0 radical (unpaired) electrons. The van der Waals surface area contributed by atoms with Gasteiger partial charge in [-0.2, -0.15) is 4.31 Å². The first-order valence-corrected chi connectivity index (χ1v) is 15.9. The molecule has 4 aromatic carbocycles. The summed E-state index contributed by atoms with van der Waals surface area (Å²) in [5.74, 6) is -1.08. The number of carbonyl (C=O) groups is 2. The van der Waals surface area contributed by atoms with Crippen LogP contribution in [0.3, 0.4) is 0 Å². The van der Waals surface area contributed by atoms with E-state index in [0.29, 0.717) is 16.3 Å². The van der Waals surface area contributed by atoms with Gasteiger partial charge in [0.15, 0.2) is 0 Å². The number of sulfonamides is 1. The second kappa shape index (κ2) is 11.1. The highest BCUT2D eigenvalue weighted by atomic mass is 35.5. The fraction of sp³-hybridized carbons (Fsp3) is 0.156. The van der Waals surface area contributed by atoms with E-state index in [1.807, 2.05) is 38.1 Å². The lowest BCUT2D eigenvalue weighted by Crippen LogP contribution is -2.45. The van der Waals surface area contributed by atoms with Gasteiger partial charge in [0, 0.05) is 17.1 Å². The number of imide groups is 1. The van der Waals surface area contributed by atoms with Crippen molar-refractivity contribution >= 4 is 60.7 Å². The third kappa shape index (κ3) is 5.25. The number of thiazole rings is 1. The van der Waals surface area contributed by atoms with Crippen molar-refractivity contribution in [1.29, 1.82) is 0 Å². The number of carbonyl (C=O) groups excluding carboxylic acids is 2. The lowest BCUT2D eigenvalue weighted by Gasteiger charge is -2.27. The smallest absolute Gasteiger partial charge is 0.252 e. The van der Waals surface area contributed by atoms with E-state index in [2.05, 4.69) is 6.07 Å². The van der Waals surface area contributed by atoms with Gasteiger partial charge in [-0.1, -0.05) is 53.6 Å². The summed E-state index contributed by atoms with van der Waals surface area (Å²) in [4.78, 5) is 32.9. The number of rotatable bonds is 7. The highest BCUT2D eigenvalue weighted by Crippen LogP contribution is 2.35. The Labute approximate surface area is 253 Å². The molecule has 1 aliphatic rings. The summed E-state index contributed by atoms with van der Waals surface area (Å²) in [6, 6.07) is 25.2. The zero-order chi connectivity index (χ0) is 29.6. The van der Waals surface area contributed by atoms with Gasteiger partial charge in [0.05, 0.1) is 27.2 Å². The molecule has 1 fully saturated rings. The molecule has 1 aliphatic heterocycles. The molecule has 0 saturated carbocycles. The van der Waals surface area contributed by atoms with E-state index in [1.165, 1.54) is 12.1 Å². The minimum Gasteiger partial charge on any atom is -0.274 e. The number of fused-ring (bicyclic) bond motifs is 1. The molecule has 212 valence electrons. The molecule has 2 heterocycles. The molecule has 7 nitrogen and oxygen atoms in total. The van der Waals surface area contributed by atoms with Gasteiger partial charge in [0.2, 0.25) is 15.9 Å². The van der Waals surface area contributed by atoms with Gasteiger partial charge in [-0.25, -0.2) is 18.3 Å². The Bertz CT molecular complexity index is 1940. The number of hydrogen-bond donors (Lipinski definition) is 0. The highest BCUT2D eigenvalue weighted by Gasteiger charge is 2.47. The number of nitrogens with zero attached hydrogens (tertiary/aromatic N) is 3. The van der Waals surface area contributed by atoms with E-state index in [1.54, 1.807) is 59.9 Å². The molecule has 6 rings (SSSR count). The summed E-state index contributed by atoms with van der Waals surface area (Å²) in [5, 5.41) is 1.20. The third-order valence-corrected chi connectivity index (χ3v) is 10.6. The summed E-state index contributed by atoms with van der Waals surface area (Å²) in [6.07, 6.45) is -0.284. The first-order chi connectivity index (χ1) is 20.1. The summed E-state index contributed by atoms with van der Waals surface area (Å²) in [5.41, 5.74) is 4.72. The van der Waals surface area contributed by atoms with Crippen molar-refractivity contribution in [2.45, 2.75) is 37.8 Å². The summed E-state index contributed by atoms with van der Waals surface area (Å²) in [7, 11) is -4.17. The van der Waals surface area contributed by atoms with Gasteiger partial charge >= 0.3 is 0 Å². The average Bonchev–Trinajstić information content (AvgIpc) is 3.52. The van der Waals surface area contributed by atoms with E-state index < -0.39 is 27.9 Å². The zero-order valence-corrected chi connectivity index (χ0v) is 25.2. The van der Waals surface area contributed by atoms with Gasteiger partial charge in [-0.15, -0.1) is 11.3 Å². The monoisotopic (exact) mass is 615 g/mol. The van der Waals surface area contributed by atoms with Gasteiger partial charge in [0.25, 0.3) is 5.91 Å². The highest BCUT2D eigenvalue weighted by molar-refractivity contribution is 7.89. The molecule has 0 N–H and O–H groups in total. The number of benzene rings is 4. The maximum atomic E-state index is 13.9. The van der Waals surface area contributed by atoms with Crippen LogP contribution in [0, 0.1) is 13.8 Å². The Balaban J connectivity index is 1.32. The average molecular weight is 616 g/mol. The lowest BCUT2D eigenvalue weighted by molar-refractivity contribution is -0.122. The molecule has 2 amide bonds. The minimum absolute atomic E-state index is 0.0363. The Morgan fingerprint density at radius 3 is 2.33 bits per heavy atom. The van der Waals surface area contributed by atoms with Crippen LogP contribution >= 0.6 is 22.9 Å². The molecule has 1 saturated heterocycles. The molecule has 5 aromatic rings. The largest absolute Gasteiger partial charge is 0.274 e. The Morgan fingerprint density at radius 1 is 0.929 bits per heavy atom. The van der Waals surface area contributed by atoms with Crippen molar-refractivity contribution in [2.75, 3.05) is 4.90 Å². The first-order valence-electron chi connectivity index (χ1n) is 13.3. The van der Waals surface area contributed by atoms with Gasteiger partial charge < -0.3 is 0 Å². The van der Waals surface area contributed by atoms with Crippen LogP contribution in [-0.4, -0.2) is 35.6 Å². The van der Waals surface area contributed by atoms with Crippen molar-refractivity contribution < 1.29 is 18.0 Å². The van der Waals surface area contributed by atoms with E-state index in [0.717, 1.165) is 41.1 Å². The van der Waals surface area contributed by atoms with Crippen LogP contribution < -0.4 is 4.90 Å². The van der Waals surface area contributed by atoms with Crippen molar-refractivity contribution in [1.82, 2.24) is 9.29 Å². The summed E-state index contributed by atoms with van der Waals surface area (Å²) >= 11 is 7.96. The molecule has 1 aromatic heterocycles. The number of anilines is 1. The maximum absolute atomic E-state index is 13.9. The van der Waals surface area contributed by atoms with E-state index in [-0.39, 0.29) is 17.9 Å². The van der Waals surface area contributed by atoms with Crippen LogP contribution in [0.2, 0.25) is 5.02 Å². The quantitative estimate of drug-likeness (QED) is 0.189. The van der Waals surface area contributed by atoms with Crippen LogP contribution in [0.4, 0.5) is 5.69 Å². The minimum atomic E-state index is -4.17. The third-order valence-electron chi connectivity index (χ3n) is 7.30. The standard InChI is InChI=1S/C32H26ClN3O4S2/c1-20-7-14-25(15-8-20)42(39,40)35(19-23-5-3-4-6-26(23)33)28-18-30(37)36(32(28)38)24-12-10-22(11-13-24)31-34-27-16-9-21(2)17-29(27)41-31/h3-17,28H,18-19H2,1-2H3. The predicted octanol–water partition coefficient (Wildman–Crippen LogP) is 6.76. The van der Waals surface area contributed by atoms with Crippen molar-refractivity contribution in [3.8, 4) is 10.6 Å². The molecule has 1 atom stereocenters. The van der Waals surface area contributed by atoms with Gasteiger partial charge in [0.1, 0.15) is 11.0 Å². The Morgan fingerprint density at radius 2 is 1.62 bits per heavy atom. The van der Waals surface area contributed by atoms with Gasteiger partial charge in [-0.3, -0.25) is 9.59 Å². The number of halogens is 1. The first kappa shape index (κ1) is 28.2. The summed E-state index contributed by atoms with van der Waals surface area (Å²) in [6.45, 7) is 3.73. The number of aromatic nitrogens is 1. The molecule has 0 spiro atoms. The van der Waals surface area contributed by atoms with Crippen LogP contribution in [0.1, 0.15) is 23.1 Å². The van der Waals surface area contributed by atoms with Crippen LogP contribution in [-0.2, 0) is 26.2 Å². The van der Waals surface area contributed by atoms with Crippen molar-refractivity contribution in [3.05, 3.63) is 113 Å². The topological polar surface area (TPSA) is 87.7 Å². The molecular weight excluding hydrogens is 590 g/mol. The predicted molar refractivity (Wildman–Crippen MR) is 166 cm³/mol. The molecule has 1 unspecified atom stereocenters. The normalized spacial score (nSPS) is 15.7. The molecule has 0 bridgehead atoms. The van der Waals surface area contributed by atoms with Crippen LogP contribution in [0.15, 0.2) is 95.9 Å². The van der Waals surface area contributed by atoms with Crippen LogP contribution in [0.5, 0.6) is 0 Å². The number of aryl methyl sites for hydroxylation is 2. The summed E-state index contributed by atoms with van der Waals surface area (Å²) < 4.78 is 30.0. The number of amides is 2. The molecular formula is C32H26ClN3O4S2. The number of hydrogen-bond acceptors (Lipinski definition) is 6. The molecule has 0 aliphatic carbocycles. The Hall–Kier alpha value is -3.89. The SMILES string of the molecule is Cc1ccc(S(=O)(=O)N(Cc2ccccc2Cl)C2CC(=O)N(c3ccc(-c4nc5ccc(C)cc5s4)cc3)C2=O)cc1. The van der Waals surface area contributed by atoms with Crippen molar-refractivity contribution in [2.24, 2.45) is 0 Å². The van der Waals surface area contributed by atoms with Crippen LogP contribution in [0.25, 0.3) is 20.8 Å². The second-order valence-corrected chi connectivity index (χ2v) is 13.6. The van der Waals surface area contributed by atoms with E-state index >= 15 is 0 Å². The van der Waals surface area contributed by atoms with Gasteiger partial charge in [-0.05, 0) is 79.6 Å². The van der Waals surface area contributed by atoms with Crippen molar-refractivity contribution in [3.63, 3.8) is 0 Å². The van der Waals surface area contributed by atoms with E-state index in [9.17, 15) is 18.0 Å². The fourth-order valence-corrected chi connectivity index (χ4v) is 7.85. The lowest BCUT2D eigenvalue weighted by atomic mass is 10.2. The molecule has 10 heteroatoms.